The zero-order valence-electron chi connectivity index (χ0n) is 11.7. The minimum absolute atomic E-state index is 0.956. The van der Waals surface area contributed by atoms with Gasteiger partial charge in [0.15, 0.2) is 0 Å². The lowest BCUT2D eigenvalue weighted by Gasteiger charge is -2.10. The summed E-state index contributed by atoms with van der Waals surface area (Å²) in [5.74, 6) is 0.956. The summed E-state index contributed by atoms with van der Waals surface area (Å²) in [6.45, 7) is 5.24. The van der Waals surface area contributed by atoms with Crippen molar-refractivity contribution in [3.05, 3.63) is 41.2 Å². The van der Waals surface area contributed by atoms with Crippen molar-refractivity contribution in [1.82, 2.24) is 9.55 Å². The standard InChI is InChI=1S/C16H21N3/c1-3-9-19-11-12(2)17-16(19)18-15-8-7-13-5-4-6-14(13)10-15/h7-8,10-11H,3-6,9H2,1-2H3,(H,17,18). The van der Waals surface area contributed by atoms with Crippen LogP contribution in [0.1, 0.15) is 36.6 Å². The third kappa shape index (κ3) is 2.50. The van der Waals surface area contributed by atoms with Crippen LogP contribution in [0.25, 0.3) is 0 Å². The van der Waals surface area contributed by atoms with Gasteiger partial charge in [-0.3, -0.25) is 0 Å². The third-order valence-electron chi connectivity index (χ3n) is 3.72. The van der Waals surface area contributed by atoms with E-state index >= 15 is 0 Å². The van der Waals surface area contributed by atoms with E-state index < -0.39 is 0 Å². The summed E-state index contributed by atoms with van der Waals surface area (Å²) in [7, 11) is 0. The molecule has 3 heteroatoms. The van der Waals surface area contributed by atoms with Crippen molar-refractivity contribution < 1.29 is 0 Å². The van der Waals surface area contributed by atoms with E-state index in [0.29, 0.717) is 0 Å². The van der Waals surface area contributed by atoms with Gasteiger partial charge in [-0.05, 0) is 55.9 Å². The van der Waals surface area contributed by atoms with Crippen molar-refractivity contribution in [1.29, 1.82) is 0 Å². The second-order valence-corrected chi connectivity index (χ2v) is 5.36. The molecule has 3 rings (SSSR count). The Bertz CT molecular complexity index is 584. The Kier molecular flexibility index (Phi) is 3.28. The first-order valence-corrected chi connectivity index (χ1v) is 7.19. The minimum Gasteiger partial charge on any atom is -0.326 e. The Morgan fingerprint density at radius 1 is 1.26 bits per heavy atom. The summed E-state index contributed by atoms with van der Waals surface area (Å²) in [6, 6.07) is 6.71. The van der Waals surface area contributed by atoms with Crippen LogP contribution in [0, 0.1) is 6.92 Å². The first-order valence-electron chi connectivity index (χ1n) is 7.19. The van der Waals surface area contributed by atoms with Crippen LogP contribution < -0.4 is 5.32 Å². The van der Waals surface area contributed by atoms with Crippen LogP contribution in [0.4, 0.5) is 11.6 Å². The first-order chi connectivity index (χ1) is 9.26. The van der Waals surface area contributed by atoms with Crippen molar-refractivity contribution >= 4 is 11.6 Å². The van der Waals surface area contributed by atoms with Gasteiger partial charge in [0.25, 0.3) is 0 Å². The Balaban J connectivity index is 1.84. The maximum absolute atomic E-state index is 4.57. The van der Waals surface area contributed by atoms with Crippen molar-refractivity contribution in [3.63, 3.8) is 0 Å². The van der Waals surface area contributed by atoms with E-state index in [9.17, 15) is 0 Å². The molecule has 0 aliphatic heterocycles. The van der Waals surface area contributed by atoms with E-state index in [-0.39, 0.29) is 0 Å². The van der Waals surface area contributed by atoms with E-state index in [2.05, 4.69) is 46.2 Å². The van der Waals surface area contributed by atoms with Crippen molar-refractivity contribution in [2.75, 3.05) is 5.32 Å². The van der Waals surface area contributed by atoms with Crippen LogP contribution in [0.5, 0.6) is 0 Å². The van der Waals surface area contributed by atoms with Crippen molar-refractivity contribution in [3.8, 4) is 0 Å². The van der Waals surface area contributed by atoms with E-state index in [0.717, 1.165) is 30.3 Å². The van der Waals surface area contributed by atoms with Crippen molar-refractivity contribution in [2.24, 2.45) is 0 Å². The Morgan fingerprint density at radius 3 is 2.95 bits per heavy atom. The second kappa shape index (κ2) is 5.08. The zero-order chi connectivity index (χ0) is 13.2. The lowest BCUT2D eigenvalue weighted by molar-refractivity contribution is 0.686. The molecular weight excluding hydrogens is 234 g/mol. The molecule has 0 amide bonds. The van der Waals surface area contributed by atoms with Crippen LogP contribution >= 0.6 is 0 Å². The van der Waals surface area contributed by atoms with E-state index in [4.69, 9.17) is 0 Å². The van der Waals surface area contributed by atoms with Gasteiger partial charge in [0, 0.05) is 18.4 Å². The van der Waals surface area contributed by atoms with Gasteiger partial charge in [-0.1, -0.05) is 13.0 Å². The quantitative estimate of drug-likeness (QED) is 0.899. The number of imidazole rings is 1. The van der Waals surface area contributed by atoms with Gasteiger partial charge >= 0.3 is 0 Å². The Morgan fingerprint density at radius 2 is 2.11 bits per heavy atom. The highest BCUT2D eigenvalue weighted by Crippen LogP contribution is 2.26. The number of aryl methyl sites for hydroxylation is 4. The highest BCUT2D eigenvalue weighted by atomic mass is 15.2. The number of aromatic nitrogens is 2. The fraction of sp³-hybridized carbons (Fsp3) is 0.438. The van der Waals surface area contributed by atoms with Crippen LogP contribution in [-0.4, -0.2) is 9.55 Å². The predicted molar refractivity (Wildman–Crippen MR) is 79.0 cm³/mol. The summed E-state index contributed by atoms with van der Waals surface area (Å²) in [6.07, 6.45) is 6.97. The number of hydrogen-bond acceptors (Lipinski definition) is 2. The molecule has 0 spiro atoms. The van der Waals surface area contributed by atoms with Gasteiger partial charge in [-0.2, -0.15) is 0 Å². The molecule has 1 heterocycles. The summed E-state index contributed by atoms with van der Waals surface area (Å²) < 4.78 is 2.20. The molecule has 100 valence electrons. The van der Waals surface area contributed by atoms with Crippen LogP contribution in [0.2, 0.25) is 0 Å². The molecule has 1 aliphatic rings. The highest BCUT2D eigenvalue weighted by Gasteiger charge is 2.12. The molecule has 1 aromatic carbocycles. The first kappa shape index (κ1) is 12.3. The molecule has 19 heavy (non-hydrogen) atoms. The molecular formula is C16H21N3. The molecule has 2 aromatic rings. The second-order valence-electron chi connectivity index (χ2n) is 5.36. The predicted octanol–water partition coefficient (Wildman–Crippen LogP) is 3.83. The number of nitrogens with zero attached hydrogens (tertiary/aromatic N) is 2. The number of anilines is 2. The number of fused-ring (bicyclic) bond motifs is 1. The highest BCUT2D eigenvalue weighted by molar-refractivity contribution is 5.57. The van der Waals surface area contributed by atoms with Gasteiger partial charge in [-0.15, -0.1) is 0 Å². The largest absolute Gasteiger partial charge is 0.326 e. The maximum Gasteiger partial charge on any atom is 0.207 e. The van der Waals surface area contributed by atoms with Crippen LogP contribution in [-0.2, 0) is 19.4 Å². The van der Waals surface area contributed by atoms with Gasteiger partial charge in [0.2, 0.25) is 5.95 Å². The van der Waals surface area contributed by atoms with Gasteiger partial charge in [0.05, 0.1) is 5.69 Å². The molecule has 0 saturated carbocycles. The van der Waals surface area contributed by atoms with Gasteiger partial charge < -0.3 is 9.88 Å². The lowest BCUT2D eigenvalue weighted by Crippen LogP contribution is -2.03. The Labute approximate surface area is 114 Å². The monoisotopic (exact) mass is 255 g/mol. The third-order valence-corrected chi connectivity index (χ3v) is 3.72. The molecule has 1 aromatic heterocycles. The molecule has 0 unspecified atom stereocenters. The number of rotatable bonds is 4. The van der Waals surface area contributed by atoms with E-state index in [1.165, 1.54) is 30.4 Å². The zero-order valence-corrected chi connectivity index (χ0v) is 11.7. The van der Waals surface area contributed by atoms with E-state index in [1.54, 1.807) is 0 Å². The maximum atomic E-state index is 4.57. The summed E-state index contributed by atoms with van der Waals surface area (Å²) >= 11 is 0. The molecule has 0 radical (unpaired) electrons. The molecule has 0 bridgehead atoms. The van der Waals surface area contributed by atoms with Gasteiger partial charge in [0.1, 0.15) is 0 Å². The SMILES string of the molecule is CCCn1cc(C)nc1Nc1ccc2c(c1)CCC2. The van der Waals surface area contributed by atoms with Crippen LogP contribution in [0.15, 0.2) is 24.4 Å². The Hall–Kier alpha value is -1.77. The summed E-state index contributed by atoms with van der Waals surface area (Å²) in [4.78, 5) is 4.57. The van der Waals surface area contributed by atoms with Gasteiger partial charge in [-0.25, -0.2) is 4.98 Å². The molecule has 1 N–H and O–H groups in total. The minimum atomic E-state index is 0.956. The number of hydrogen-bond donors (Lipinski definition) is 1. The number of nitrogens with one attached hydrogen (secondary N) is 1. The topological polar surface area (TPSA) is 29.9 Å². The average molecular weight is 255 g/mol. The molecule has 1 aliphatic carbocycles. The molecule has 0 fully saturated rings. The summed E-state index contributed by atoms with van der Waals surface area (Å²) in [5, 5.41) is 3.46. The normalized spacial score (nSPS) is 13.6. The molecule has 3 nitrogen and oxygen atoms in total. The molecule has 0 saturated heterocycles. The fourth-order valence-corrected chi connectivity index (χ4v) is 2.84. The molecule has 0 atom stereocenters. The average Bonchev–Trinajstić information content (AvgIpc) is 2.97. The number of benzene rings is 1. The van der Waals surface area contributed by atoms with Crippen LogP contribution in [0.3, 0.4) is 0 Å². The fourth-order valence-electron chi connectivity index (χ4n) is 2.84. The van der Waals surface area contributed by atoms with E-state index in [1.807, 2.05) is 6.92 Å². The van der Waals surface area contributed by atoms with Crippen molar-refractivity contribution in [2.45, 2.75) is 46.1 Å². The summed E-state index contributed by atoms with van der Waals surface area (Å²) in [5.41, 5.74) is 5.23. The smallest absolute Gasteiger partial charge is 0.207 e. The lowest BCUT2D eigenvalue weighted by atomic mass is 10.1.